The molecule has 1 aromatic carbocycles. The number of halogens is 1. The molecule has 2 rings (SSSR count). The summed E-state index contributed by atoms with van der Waals surface area (Å²) in [5.74, 6) is 7.13. The van der Waals surface area contributed by atoms with Crippen molar-refractivity contribution in [2.24, 2.45) is 0 Å². The zero-order chi connectivity index (χ0) is 9.10. The van der Waals surface area contributed by atoms with Crippen molar-refractivity contribution in [1.82, 2.24) is 0 Å². The van der Waals surface area contributed by atoms with Crippen LogP contribution in [0.25, 0.3) is 0 Å². The quantitative estimate of drug-likeness (QED) is 0.453. The summed E-state index contributed by atoms with van der Waals surface area (Å²) >= 11 is 5.49. The highest BCUT2D eigenvalue weighted by molar-refractivity contribution is 6.19. The fourth-order valence-electron chi connectivity index (χ4n) is 1.44. The van der Waals surface area contributed by atoms with Crippen LogP contribution in [0.1, 0.15) is 11.1 Å². The predicted molar refractivity (Wildman–Crippen MR) is 53.2 cm³/mol. The van der Waals surface area contributed by atoms with Crippen molar-refractivity contribution in [2.45, 2.75) is 6.42 Å². The highest BCUT2D eigenvalue weighted by Crippen LogP contribution is 2.28. The molecule has 0 bridgehead atoms. The first kappa shape index (κ1) is 8.47. The largest absolute Gasteiger partial charge is 0.492 e. The maximum Gasteiger partial charge on any atom is 0.138 e. The molecule has 0 spiro atoms. The third-order valence-corrected chi connectivity index (χ3v) is 2.14. The lowest BCUT2D eigenvalue weighted by Gasteiger charge is -2.00. The van der Waals surface area contributed by atoms with Crippen LogP contribution in [0.2, 0.25) is 0 Å². The van der Waals surface area contributed by atoms with E-state index in [2.05, 4.69) is 17.9 Å². The molecule has 13 heavy (non-hydrogen) atoms. The molecule has 1 aliphatic rings. The van der Waals surface area contributed by atoms with Gasteiger partial charge in [0, 0.05) is 6.42 Å². The Hall–Kier alpha value is -1.13. The zero-order valence-electron chi connectivity index (χ0n) is 7.14. The maximum absolute atomic E-state index is 5.49. The minimum absolute atomic E-state index is 0.365. The fourth-order valence-corrected chi connectivity index (χ4v) is 1.51. The smallest absolute Gasteiger partial charge is 0.138 e. The van der Waals surface area contributed by atoms with E-state index in [1.165, 1.54) is 5.56 Å². The Kier molecular flexibility index (Phi) is 2.42. The Morgan fingerprint density at radius 1 is 1.46 bits per heavy atom. The van der Waals surface area contributed by atoms with Crippen LogP contribution in [0.5, 0.6) is 5.75 Å². The van der Waals surface area contributed by atoms with Gasteiger partial charge in [-0.15, -0.1) is 11.6 Å². The molecule has 0 amide bonds. The van der Waals surface area contributed by atoms with E-state index >= 15 is 0 Å². The van der Waals surface area contributed by atoms with Gasteiger partial charge in [0.2, 0.25) is 0 Å². The molecular formula is C11H9ClO. The lowest BCUT2D eigenvalue weighted by atomic mass is 10.1. The van der Waals surface area contributed by atoms with Gasteiger partial charge in [0.25, 0.3) is 0 Å². The number of ether oxygens (including phenoxy) is 1. The van der Waals surface area contributed by atoms with Crippen molar-refractivity contribution in [1.29, 1.82) is 0 Å². The number of alkyl halides is 1. The SMILES string of the molecule is ClCC#Cc1cccc2c1OCC2. The molecule has 1 heterocycles. The molecule has 0 fully saturated rings. The van der Waals surface area contributed by atoms with Crippen LogP contribution in [0.3, 0.4) is 0 Å². The molecular weight excluding hydrogens is 184 g/mol. The van der Waals surface area contributed by atoms with Crippen molar-refractivity contribution in [3.8, 4) is 17.6 Å². The van der Waals surface area contributed by atoms with Crippen molar-refractivity contribution in [3.63, 3.8) is 0 Å². The normalized spacial score (nSPS) is 12.7. The summed E-state index contributed by atoms with van der Waals surface area (Å²) in [5, 5.41) is 0. The second kappa shape index (κ2) is 3.72. The summed E-state index contributed by atoms with van der Waals surface area (Å²) in [4.78, 5) is 0. The maximum atomic E-state index is 5.49. The fraction of sp³-hybridized carbons (Fsp3) is 0.273. The van der Waals surface area contributed by atoms with E-state index in [1.54, 1.807) is 0 Å². The highest BCUT2D eigenvalue weighted by Gasteiger charge is 2.13. The Morgan fingerprint density at radius 3 is 3.23 bits per heavy atom. The van der Waals surface area contributed by atoms with Crippen LogP contribution < -0.4 is 4.74 Å². The van der Waals surface area contributed by atoms with Gasteiger partial charge in [-0.05, 0) is 11.6 Å². The molecule has 2 heteroatoms. The van der Waals surface area contributed by atoms with E-state index in [1.807, 2.05) is 12.1 Å². The Bertz CT molecular complexity index is 373. The molecule has 0 radical (unpaired) electrons. The third kappa shape index (κ3) is 1.64. The second-order valence-corrected chi connectivity index (χ2v) is 3.09. The average Bonchev–Trinajstić information content (AvgIpc) is 2.62. The van der Waals surface area contributed by atoms with Crippen LogP contribution in [0.15, 0.2) is 18.2 Å². The van der Waals surface area contributed by atoms with E-state index in [9.17, 15) is 0 Å². The standard InChI is InChI=1S/C11H9ClO/c12-7-2-5-9-3-1-4-10-6-8-13-11(9)10/h1,3-4H,6-8H2. The highest BCUT2D eigenvalue weighted by atomic mass is 35.5. The van der Waals surface area contributed by atoms with Gasteiger partial charge >= 0.3 is 0 Å². The van der Waals surface area contributed by atoms with Gasteiger partial charge in [-0.2, -0.15) is 0 Å². The van der Waals surface area contributed by atoms with Crippen molar-refractivity contribution < 1.29 is 4.74 Å². The topological polar surface area (TPSA) is 9.23 Å². The molecule has 1 aliphatic heterocycles. The van der Waals surface area contributed by atoms with Gasteiger partial charge in [-0.1, -0.05) is 24.0 Å². The molecule has 0 saturated carbocycles. The summed E-state index contributed by atoms with van der Waals surface area (Å²) in [5.41, 5.74) is 2.21. The Labute approximate surface area is 82.7 Å². The number of benzene rings is 1. The molecule has 0 unspecified atom stereocenters. The van der Waals surface area contributed by atoms with Gasteiger partial charge < -0.3 is 4.74 Å². The summed E-state index contributed by atoms with van der Waals surface area (Å²) in [6, 6.07) is 6.05. The van der Waals surface area contributed by atoms with Gasteiger partial charge in [-0.3, -0.25) is 0 Å². The zero-order valence-corrected chi connectivity index (χ0v) is 7.90. The van der Waals surface area contributed by atoms with Crippen LogP contribution in [-0.4, -0.2) is 12.5 Å². The van der Waals surface area contributed by atoms with Crippen LogP contribution in [0, 0.1) is 11.8 Å². The summed E-state index contributed by atoms with van der Waals surface area (Å²) < 4.78 is 5.48. The van der Waals surface area contributed by atoms with Crippen molar-refractivity contribution in [2.75, 3.05) is 12.5 Å². The van der Waals surface area contributed by atoms with Gasteiger partial charge in [-0.25, -0.2) is 0 Å². The second-order valence-electron chi connectivity index (χ2n) is 2.83. The lowest BCUT2D eigenvalue weighted by Crippen LogP contribution is -1.88. The molecule has 0 N–H and O–H groups in total. The molecule has 0 atom stereocenters. The molecule has 1 aromatic rings. The number of hydrogen-bond acceptors (Lipinski definition) is 1. The number of rotatable bonds is 0. The van der Waals surface area contributed by atoms with Crippen LogP contribution >= 0.6 is 11.6 Å². The molecule has 0 aromatic heterocycles. The van der Waals surface area contributed by atoms with Gasteiger partial charge in [0.15, 0.2) is 0 Å². The molecule has 1 nitrogen and oxygen atoms in total. The monoisotopic (exact) mass is 192 g/mol. The summed E-state index contributed by atoms with van der Waals surface area (Å²) in [7, 11) is 0. The molecule has 66 valence electrons. The minimum Gasteiger partial charge on any atom is -0.492 e. The van der Waals surface area contributed by atoms with E-state index < -0.39 is 0 Å². The number of para-hydroxylation sites is 1. The van der Waals surface area contributed by atoms with Crippen molar-refractivity contribution in [3.05, 3.63) is 29.3 Å². The van der Waals surface area contributed by atoms with E-state index in [0.29, 0.717) is 5.88 Å². The first-order chi connectivity index (χ1) is 6.42. The average molecular weight is 193 g/mol. The number of fused-ring (bicyclic) bond motifs is 1. The third-order valence-electron chi connectivity index (χ3n) is 2.00. The first-order valence-corrected chi connectivity index (χ1v) is 4.75. The minimum atomic E-state index is 0.365. The van der Waals surface area contributed by atoms with Gasteiger partial charge in [0.05, 0.1) is 18.1 Å². The molecule has 0 aliphatic carbocycles. The lowest BCUT2D eigenvalue weighted by molar-refractivity contribution is 0.356. The van der Waals surface area contributed by atoms with Crippen molar-refractivity contribution >= 4 is 11.6 Å². The van der Waals surface area contributed by atoms with Crippen LogP contribution in [0.4, 0.5) is 0 Å². The summed E-state index contributed by atoms with van der Waals surface area (Å²) in [6.07, 6.45) is 0.992. The van der Waals surface area contributed by atoms with E-state index in [0.717, 1.165) is 24.3 Å². The van der Waals surface area contributed by atoms with E-state index in [-0.39, 0.29) is 0 Å². The van der Waals surface area contributed by atoms with Gasteiger partial charge in [0.1, 0.15) is 5.75 Å². The number of hydrogen-bond donors (Lipinski definition) is 0. The van der Waals surface area contributed by atoms with Crippen LogP contribution in [-0.2, 0) is 6.42 Å². The van der Waals surface area contributed by atoms with E-state index in [4.69, 9.17) is 16.3 Å². The summed E-state index contributed by atoms with van der Waals surface area (Å²) in [6.45, 7) is 0.773. The molecule has 0 saturated heterocycles. The Balaban J connectivity index is 2.41. The first-order valence-electron chi connectivity index (χ1n) is 4.21. The predicted octanol–water partition coefficient (Wildman–Crippen LogP) is 2.21. The Morgan fingerprint density at radius 2 is 2.38 bits per heavy atom.